The van der Waals surface area contributed by atoms with Crippen molar-refractivity contribution in [3.8, 4) is 0 Å². The average Bonchev–Trinajstić information content (AvgIpc) is 0.918. The Balaban J connectivity index is 0. The molecule has 0 N–H and O–H groups in total. The molecule has 0 fully saturated rings. The molecule has 0 atom stereocenters. The second kappa shape index (κ2) is 12.6. The summed E-state index contributed by atoms with van der Waals surface area (Å²) >= 11 is 0. The second-order valence-electron chi connectivity index (χ2n) is 0.0894. The van der Waals surface area contributed by atoms with E-state index in [2.05, 4.69) is 0 Å². The molecule has 0 saturated heterocycles. The van der Waals surface area contributed by atoms with Crippen molar-refractivity contribution in [1.82, 2.24) is 0 Å². The first kappa shape index (κ1) is 9.05. The van der Waals surface area contributed by atoms with Crippen LogP contribution in [0.15, 0.2) is 0 Å². The summed E-state index contributed by atoms with van der Waals surface area (Å²) in [7, 11) is 0. The molecule has 3 nitrogen and oxygen atoms in total. The number of hydrogen-bond acceptors (Lipinski definition) is 0. The molecule has 0 rings (SSSR count). The second-order valence-corrected chi connectivity index (χ2v) is 0.0894. The van der Waals surface area contributed by atoms with Crippen LogP contribution in [0.25, 0.3) is 16.0 Å². The van der Waals surface area contributed by atoms with Crippen LogP contribution in [0.5, 0.6) is 0 Å². The Labute approximate surface area is 36.2 Å². The van der Waals surface area contributed by atoms with Crippen LogP contribution in [-0.4, -0.2) is 0 Å². The van der Waals surface area contributed by atoms with E-state index in [-0.39, 0.29) is 19.5 Å². The summed E-state index contributed by atoms with van der Waals surface area (Å²) in [6.45, 7) is 0. The van der Waals surface area contributed by atoms with Gasteiger partial charge in [0, 0.05) is 0 Å². The molecule has 4 heteroatoms. The van der Waals surface area contributed by atoms with Gasteiger partial charge in [-0.25, -0.2) is 0 Å². The zero-order valence-electron chi connectivity index (χ0n) is 2.05. The largest absolute Gasteiger partial charge is 2.00 e. The van der Waals surface area contributed by atoms with Gasteiger partial charge in [-0.05, 0) is 0 Å². The van der Waals surface area contributed by atoms with E-state index < -0.39 is 0 Å². The van der Waals surface area contributed by atoms with E-state index in [4.69, 9.17) is 11.1 Å². The molecule has 0 aromatic heterocycles. The van der Waals surface area contributed by atoms with Gasteiger partial charge in [0.15, 0.2) is 0 Å². The Morgan fingerprint density at radius 3 is 1.25 bits per heavy atom. The maximum Gasteiger partial charge on any atom is 2.00 e. The van der Waals surface area contributed by atoms with Gasteiger partial charge in [-0.1, -0.05) is 0 Å². The SMILES string of the molecule is [N-]=[N+]=[N-].[Zn+2]. The molecular formula is N3Zn+. The quantitative estimate of drug-likeness (QED) is 0.191. The van der Waals surface area contributed by atoms with Gasteiger partial charge < -0.3 is 11.1 Å². The molecule has 0 unspecified atom stereocenters. The van der Waals surface area contributed by atoms with Gasteiger partial charge in [0.2, 0.25) is 0 Å². The van der Waals surface area contributed by atoms with Crippen molar-refractivity contribution >= 4 is 0 Å². The van der Waals surface area contributed by atoms with Crippen LogP contribution < -0.4 is 0 Å². The van der Waals surface area contributed by atoms with Crippen LogP contribution in [0.1, 0.15) is 0 Å². The third-order valence-corrected chi connectivity index (χ3v) is 0. The molecule has 16 valence electrons. The van der Waals surface area contributed by atoms with Crippen molar-refractivity contribution in [1.29, 1.82) is 0 Å². The molecule has 0 amide bonds. The van der Waals surface area contributed by atoms with Crippen molar-refractivity contribution in [3.63, 3.8) is 0 Å². The number of nitrogens with zero attached hydrogens (tertiary/aromatic N) is 3. The third-order valence-electron chi connectivity index (χ3n) is 0. The van der Waals surface area contributed by atoms with Gasteiger partial charge >= 0.3 is 19.5 Å². The Kier molecular flexibility index (Phi) is 28.5. The molecule has 0 aliphatic rings. The standard InChI is InChI=1S/N3.Zn/c1-3-2;/q-1;+2. The van der Waals surface area contributed by atoms with E-state index in [1.54, 1.807) is 0 Å². The molecule has 0 aromatic rings. The fraction of sp³-hybridized carbons (Fsp3) is 0. The topological polar surface area (TPSA) is 58.7 Å². The molecule has 0 bridgehead atoms. The van der Waals surface area contributed by atoms with Crippen LogP contribution in [-0.2, 0) is 19.5 Å². The molecule has 0 saturated carbocycles. The Bertz CT molecular complexity index is 24.3. The maximum atomic E-state index is 6.75. The van der Waals surface area contributed by atoms with Gasteiger partial charge in [-0.3, -0.25) is 4.91 Å². The molecule has 0 radical (unpaired) electrons. The molecule has 0 aromatic carbocycles. The Hall–Kier alpha value is -0.0666. The zero-order chi connectivity index (χ0) is 2.71. The maximum absolute atomic E-state index is 6.75. The zero-order valence-corrected chi connectivity index (χ0v) is 5.02. The minimum absolute atomic E-state index is 0. The van der Waals surface area contributed by atoms with Crippen molar-refractivity contribution in [2.45, 2.75) is 0 Å². The molecular weight excluding hydrogens is 107 g/mol. The molecule has 0 heterocycles. The first-order valence-corrected chi connectivity index (χ1v) is 0.400. The summed E-state index contributed by atoms with van der Waals surface area (Å²) in [4.78, 5) is 1.50. The monoisotopic (exact) mass is 106 g/mol. The van der Waals surface area contributed by atoms with Crippen LogP contribution in [0.3, 0.4) is 0 Å². The van der Waals surface area contributed by atoms with Crippen LogP contribution in [0, 0.1) is 0 Å². The Morgan fingerprint density at radius 2 is 1.25 bits per heavy atom. The summed E-state index contributed by atoms with van der Waals surface area (Å²) in [5, 5.41) is 0. The first-order chi connectivity index (χ1) is 1.41. The summed E-state index contributed by atoms with van der Waals surface area (Å²) < 4.78 is 0. The van der Waals surface area contributed by atoms with Crippen molar-refractivity contribution in [2.75, 3.05) is 0 Å². The van der Waals surface area contributed by atoms with Crippen molar-refractivity contribution in [3.05, 3.63) is 16.0 Å². The summed E-state index contributed by atoms with van der Waals surface area (Å²) in [6.07, 6.45) is 0. The van der Waals surface area contributed by atoms with Gasteiger partial charge in [-0.15, -0.1) is 0 Å². The van der Waals surface area contributed by atoms with Crippen LogP contribution in [0.4, 0.5) is 0 Å². The van der Waals surface area contributed by atoms with Crippen molar-refractivity contribution < 1.29 is 19.5 Å². The van der Waals surface area contributed by atoms with E-state index in [1.807, 2.05) is 0 Å². The van der Waals surface area contributed by atoms with Crippen molar-refractivity contribution in [2.24, 2.45) is 0 Å². The van der Waals surface area contributed by atoms with E-state index in [0.29, 0.717) is 0 Å². The Morgan fingerprint density at radius 1 is 1.25 bits per heavy atom. The fourth-order valence-electron chi connectivity index (χ4n) is 0. The summed E-state index contributed by atoms with van der Waals surface area (Å²) in [5.74, 6) is 0. The van der Waals surface area contributed by atoms with Gasteiger partial charge in [0.05, 0.1) is 0 Å². The predicted molar refractivity (Wildman–Crippen MR) is 10.1 cm³/mol. The van der Waals surface area contributed by atoms with E-state index in [1.165, 1.54) is 4.91 Å². The van der Waals surface area contributed by atoms with E-state index >= 15 is 0 Å². The number of rotatable bonds is 0. The summed E-state index contributed by atoms with van der Waals surface area (Å²) in [6, 6.07) is 0. The van der Waals surface area contributed by atoms with Gasteiger partial charge in [-0.2, -0.15) is 0 Å². The molecule has 0 aliphatic carbocycles. The first-order valence-electron chi connectivity index (χ1n) is 0.400. The van der Waals surface area contributed by atoms with Gasteiger partial charge in [0.1, 0.15) is 0 Å². The van der Waals surface area contributed by atoms with E-state index in [9.17, 15) is 0 Å². The van der Waals surface area contributed by atoms with Crippen LogP contribution in [0.2, 0.25) is 0 Å². The smallest absolute Gasteiger partial charge is 0.373 e. The molecule has 0 aliphatic heterocycles. The average molecular weight is 107 g/mol. The summed E-state index contributed by atoms with van der Waals surface area (Å²) in [5.41, 5.74) is 13.5. The predicted octanol–water partition coefficient (Wildman–Crippen LogP) is 0.864. The normalized spacial score (nSPS) is 2.00. The number of hydrogen-bond donors (Lipinski definition) is 0. The molecule has 4 heavy (non-hydrogen) atoms. The fourth-order valence-corrected chi connectivity index (χ4v) is 0. The minimum atomic E-state index is 0. The van der Waals surface area contributed by atoms with Gasteiger partial charge in [0.25, 0.3) is 0 Å². The van der Waals surface area contributed by atoms with E-state index in [0.717, 1.165) is 0 Å². The van der Waals surface area contributed by atoms with Crippen LogP contribution >= 0.6 is 0 Å². The molecule has 0 spiro atoms. The third kappa shape index (κ3) is 379. The minimum Gasteiger partial charge on any atom is -0.373 e.